The normalized spacial score (nSPS) is 15.3. The van der Waals surface area contributed by atoms with Crippen molar-refractivity contribution in [2.75, 3.05) is 49.5 Å². The molecule has 0 bridgehead atoms. The first-order chi connectivity index (χ1) is 11.7. The summed E-state index contributed by atoms with van der Waals surface area (Å²) >= 11 is 1.50. The van der Waals surface area contributed by atoms with Gasteiger partial charge in [0, 0.05) is 45.0 Å². The zero-order valence-electron chi connectivity index (χ0n) is 13.4. The number of amides is 2. The molecule has 0 unspecified atom stereocenters. The molecule has 2 N–H and O–H groups in total. The molecule has 2 heterocycles. The second-order valence-corrected chi connectivity index (χ2v) is 6.61. The maximum Gasteiger partial charge on any atom is 0.319 e. The highest BCUT2D eigenvalue weighted by atomic mass is 32.1. The number of anilines is 2. The van der Waals surface area contributed by atoms with Gasteiger partial charge >= 0.3 is 6.03 Å². The zero-order valence-corrected chi connectivity index (χ0v) is 14.2. The smallest absolute Gasteiger partial charge is 0.319 e. The minimum Gasteiger partial charge on any atom is -0.369 e. The molecule has 1 aromatic heterocycles. The van der Waals surface area contributed by atoms with Gasteiger partial charge in [-0.1, -0.05) is 0 Å². The molecule has 0 radical (unpaired) electrons. The van der Waals surface area contributed by atoms with Gasteiger partial charge in [-0.2, -0.15) is 0 Å². The lowest BCUT2D eigenvalue weighted by Gasteiger charge is -2.36. The Balaban J connectivity index is 1.35. The summed E-state index contributed by atoms with van der Waals surface area (Å²) in [5.74, 6) is -0.204. The topological polar surface area (TPSA) is 47.6 Å². The number of nitrogens with zero attached hydrogens (tertiary/aromatic N) is 2. The van der Waals surface area contributed by atoms with E-state index in [0.29, 0.717) is 6.54 Å². The highest BCUT2D eigenvalue weighted by Crippen LogP contribution is 2.17. The van der Waals surface area contributed by atoms with Crippen LogP contribution < -0.4 is 15.5 Å². The molecule has 0 spiro atoms. The molecule has 128 valence electrons. The Bertz CT molecular complexity index is 639. The Kier molecular flexibility index (Phi) is 5.66. The van der Waals surface area contributed by atoms with Crippen LogP contribution in [-0.2, 0) is 0 Å². The van der Waals surface area contributed by atoms with Gasteiger partial charge in [-0.05, 0) is 41.8 Å². The lowest BCUT2D eigenvalue weighted by Crippen LogP contribution is -2.48. The SMILES string of the molecule is O=C(NCCN1CCN(c2ccc(F)cc2)CC1)Nc1cccs1. The predicted octanol–water partition coefficient (Wildman–Crippen LogP) is 2.83. The van der Waals surface area contributed by atoms with E-state index in [-0.39, 0.29) is 11.8 Å². The fourth-order valence-electron chi connectivity index (χ4n) is 2.71. The van der Waals surface area contributed by atoms with Crippen LogP contribution in [0.25, 0.3) is 0 Å². The van der Waals surface area contributed by atoms with Crippen LogP contribution in [0.2, 0.25) is 0 Å². The summed E-state index contributed by atoms with van der Waals surface area (Å²) in [4.78, 5) is 16.3. The van der Waals surface area contributed by atoms with Gasteiger partial charge in [0.25, 0.3) is 0 Å². The maximum absolute atomic E-state index is 13.0. The molecular weight excluding hydrogens is 327 g/mol. The van der Waals surface area contributed by atoms with Crippen molar-refractivity contribution in [3.05, 3.63) is 47.6 Å². The molecule has 1 aliphatic heterocycles. The van der Waals surface area contributed by atoms with Crippen LogP contribution in [0, 0.1) is 5.82 Å². The van der Waals surface area contributed by atoms with Crippen molar-refractivity contribution in [2.45, 2.75) is 0 Å². The van der Waals surface area contributed by atoms with E-state index in [1.54, 1.807) is 0 Å². The highest BCUT2D eigenvalue weighted by Gasteiger charge is 2.17. The van der Waals surface area contributed by atoms with Gasteiger partial charge in [0.05, 0.1) is 5.00 Å². The van der Waals surface area contributed by atoms with Crippen LogP contribution in [0.15, 0.2) is 41.8 Å². The Labute approximate surface area is 145 Å². The Hall–Kier alpha value is -2.12. The van der Waals surface area contributed by atoms with Gasteiger partial charge in [0.2, 0.25) is 0 Å². The van der Waals surface area contributed by atoms with Crippen LogP contribution in [0.5, 0.6) is 0 Å². The lowest BCUT2D eigenvalue weighted by atomic mass is 10.2. The van der Waals surface area contributed by atoms with Crippen LogP contribution in [0.3, 0.4) is 0 Å². The molecule has 5 nitrogen and oxygen atoms in total. The van der Waals surface area contributed by atoms with Gasteiger partial charge in [-0.3, -0.25) is 10.2 Å². The quantitative estimate of drug-likeness (QED) is 0.873. The van der Waals surface area contributed by atoms with Crippen LogP contribution in [0.1, 0.15) is 0 Å². The first-order valence-corrected chi connectivity index (χ1v) is 8.90. The highest BCUT2D eigenvalue weighted by molar-refractivity contribution is 7.14. The molecule has 1 fully saturated rings. The number of hydrogen-bond donors (Lipinski definition) is 2. The molecule has 1 saturated heterocycles. The second-order valence-electron chi connectivity index (χ2n) is 5.66. The molecule has 1 aromatic carbocycles. The average molecular weight is 348 g/mol. The summed E-state index contributed by atoms with van der Waals surface area (Å²) < 4.78 is 13.0. The number of carbonyl (C=O) groups excluding carboxylic acids is 1. The number of urea groups is 1. The van der Waals surface area contributed by atoms with Crippen LogP contribution in [0.4, 0.5) is 19.9 Å². The van der Waals surface area contributed by atoms with Crippen molar-refractivity contribution in [3.63, 3.8) is 0 Å². The largest absolute Gasteiger partial charge is 0.369 e. The van der Waals surface area contributed by atoms with E-state index < -0.39 is 0 Å². The molecule has 0 atom stereocenters. The van der Waals surface area contributed by atoms with Crippen LogP contribution >= 0.6 is 11.3 Å². The van der Waals surface area contributed by atoms with E-state index in [1.165, 1.54) is 23.5 Å². The number of rotatable bonds is 5. The number of nitrogens with one attached hydrogen (secondary N) is 2. The lowest BCUT2D eigenvalue weighted by molar-refractivity contribution is 0.240. The second kappa shape index (κ2) is 8.12. The van der Waals surface area contributed by atoms with E-state index >= 15 is 0 Å². The van der Waals surface area contributed by atoms with Crippen molar-refractivity contribution in [1.29, 1.82) is 0 Å². The average Bonchev–Trinajstić information content (AvgIpc) is 3.09. The zero-order chi connectivity index (χ0) is 16.8. The third-order valence-corrected chi connectivity index (χ3v) is 4.82. The van der Waals surface area contributed by atoms with Crippen molar-refractivity contribution < 1.29 is 9.18 Å². The molecule has 0 aliphatic carbocycles. The van der Waals surface area contributed by atoms with E-state index in [1.807, 2.05) is 29.6 Å². The van der Waals surface area contributed by atoms with Crippen molar-refractivity contribution in [2.24, 2.45) is 0 Å². The predicted molar refractivity (Wildman–Crippen MR) is 96.4 cm³/mol. The number of carbonyl (C=O) groups is 1. The monoisotopic (exact) mass is 348 g/mol. The van der Waals surface area contributed by atoms with E-state index in [9.17, 15) is 9.18 Å². The number of piperazine rings is 1. The van der Waals surface area contributed by atoms with Crippen LogP contribution in [-0.4, -0.2) is 50.2 Å². The Morgan fingerprint density at radius 1 is 1.12 bits per heavy atom. The minimum absolute atomic E-state index is 0.164. The number of hydrogen-bond acceptors (Lipinski definition) is 4. The molecule has 7 heteroatoms. The third kappa shape index (κ3) is 4.69. The van der Waals surface area contributed by atoms with Gasteiger partial charge < -0.3 is 10.2 Å². The van der Waals surface area contributed by atoms with E-state index in [2.05, 4.69) is 20.4 Å². The molecule has 2 amide bonds. The maximum atomic E-state index is 13.0. The van der Waals surface area contributed by atoms with Gasteiger partial charge in [0.15, 0.2) is 0 Å². The standard InChI is InChI=1S/C17H21FN4OS/c18-14-3-5-15(6-4-14)22-11-9-21(10-12-22)8-7-19-17(23)20-16-2-1-13-24-16/h1-6,13H,7-12H2,(H2,19,20,23). The molecular formula is C17H21FN4OS. The molecule has 1 aliphatic rings. The van der Waals surface area contributed by atoms with Gasteiger partial charge in [-0.15, -0.1) is 11.3 Å². The first-order valence-electron chi connectivity index (χ1n) is 8.02. The summed E-state index contributed by atoms with van der Waals surface area (Å²) in [5.41, 5.74) is 1.06. The summed E-state index contributed by atoms with van der Waals surface area (Å²) in [5, 5.41) is 8.46. The van der Waals surface area contributed by atoms with Crippen molar-refractivity contribution >= 4 is 28.1 Å². The molecule has 3 rings (SSSR count). The number of benzene rings is 1. The molecule has 0 saturated carbocycles. The van der Waals surface area contributed by atoms with E-state index in [0.717, 1.165) is 43.4 Å². The van der Waals surface area contributed by atoms with E-state index in [4.69, 9.17) is 0 Å². The summed E-state index contributed by atoms with van der Waals surface area (Å²) in [6.07, 6.45) is 0. The Morgan fingerprint density at radius 3 is 2.54 bits per heavy atom. The number of thiophene rings is 1. The summed E-state index contributed by atoms with van der Waals surface area (Å²) in [6.45, 7) is 5.14. The summed E-state index contributed by atoms with van der Waals surface area (Å²) in [6, 6.07) is 10.3. The van der Waals surface area contributed by atoms with Crippen molar-refractivity contribution in [3.8, 4) is 0 Å². The fourth-order valence-corrected chi connectivity index (χ4v) is 3.33. The molecule has 24 heavy (non-hydrogen) atoms. The third-order valence-electron chi connectivity index (χ3n) is 4.04. The van der Waals surface area contributed by atoms with Gasteiger partial charge in [0.1, 0.15) is 5.82 Å². The summed E-state index contributed by atoms with van der Waals surface area (Å²) in [7, 11) is 0. The van der Waals surface area contributed by atoms with Gasteiger partial charge in [-0.25, -0.2) is 9.18 Å². The fraction of sp³-hybridized carbons (Fsp3) is 0.353. The number of halogens is 1. The molecule has 2 aromatic rings. The Morgan fingerprint density at radius 2 is 1.88 bits per heavy atom. The van der Waals surface area contributed by atoms with Crippen molar-refractivity contribution in [1.82, 2.24) is 10.2 Å². The minimum atomic E-state index is -0.204. The first kappa shape index (κ1) is 16.7.